The Labute approximate surface area is 160 Å². The average molecular weight is 381 g/mol. The van der Waals surface area contributed by atoms with Crippen LogP contribution >= 0.6 is 11.6 Å². The van der Waals surface area contributed by atoms with E-state index in [1.165, 1.54) is 0 Å². The summed E-state index contributed by atoms with van der Waals surface area (Å²) in [7, 11) is 0. The van der Waals surface area contributed by atoms with Crippen molar-refractivity contribution in [3.05, 3.63) is 29.3 Å². The predicted molar refractivity (Wildman–Crippen MR) is 106 cm³/mol. The van der Waals surface area contributed by atoms with Gasteiger partial charge < -0.3 is 20.7 Å². The van der Waals surface area contributed by atoms with E-state index in [-0.39, 0.29) is 12.0 Å². The lowest BCUT2D eigenvalue weighted by molar-refractivity contribution is -0.119. The van der Waals surface area contributed by atoms with E-state index in [4.69, 9.17) is 27.1 Å². The van der Waals surface area contributed by atoms with E-state index in [1.807, 2.05) is 32.0 Å². The summed E-state index contributed by atoms with van der Waals surface area (Å²) in [4.78, 5) is 18.2. The summed E-state index contributed by atoms with van der Waals surface area (Å²) in [5.74, 6) is 1.67. The fraction of sp³-hybridized carbons (Fsp3) is 0.579. The summed E-state index contributed by atoms with van der Waals surface area (Å²) in [5.41, 5.74) is 5.36. The lowest BCUT2D eigenvalue weighted by atomic mass is 9.95. The molecular formula is C19H29ClN4O2. The highest BCUT2D eigenvalue weighted by atomic mass is 35.5. The van der Waals surface area contributed by atoms with Crippen LogP contribution in [0.25, 0.3) is 0 Å². The predicted octanol–water partition coefficient (Wildman–Crippen LogP) is 2.66. The molecule has 7 heteroatoms. The molecule has 1 aromatic carbocycles. The van der Waals surface area contributed by atoms with E-state index >= 15 is 0 Å². The van der Waals surface area contributed by atoms with Gasteiger partial charge in [-0.2, -0.15) is 0 Å². The van der Waals surface area contributed by atoms with Crippen molar-refractivity contribution in [2.75, 3.05) is 26.2 Å². The smallest absolute Gasteiger partial charge is 0.217 e. The van der Waals surface area contributed by atoms with Crippen molar-refractivity contribution in [1.82, 2.24) is 10.2 Å². The number of ether oxygens (including phenoxy) is 1. The molecule has 1 aromatic rings. The molecule has 2 rings (SSSR count). The van der Waals surface area contributed by atoms with Gasteiger partial charge in [-0.25, -0.2) is 4.99 Å². The molecule has 6 nitrogen and oxygen atoms in total. The van der Waals surface area contributed by atoms with Crippen LogP contribution < -0.4 is 15.8 Å². The number of hydrogen-bond acceptors (Lipinski definition) is 3. The fourth-order valence-corrected chi connectivity index (χ4v) is 3.34. The number of hydrogen-bond donors (Lipinski definition) is 2. The van der Waals surface area contributed by atoms with Gasteiger partial charge in [-0.1, -0.05) is 17.7 Å². The van der Waals surface area contributed by atoms with Gasteiger partial charge in [0, 0.05) is 31.1 Å². The van der Waals surface area contributed by atoms with Crippen molar-refractivity contribution in [1.29, 1.82) is 0 Å². The molecule has 1 amide bonds. The maximum Gasteiger partial charge on any atom is 0.217 e. The lowest BCUT2D eigenvalue weighted by Gasteiger charge is -2.34. The minimum Gasteiger partial charge on any atom is -0.489 e. The molecule has 144 valence electrons. The van der Waals surface area contributed by atoms with Crippen LogP contribution in [0.5, 0.6) is 5.75 Å². The summed E-state index contributed by atoms with van der Waals surface area (Å²) in [5, 5.41) is 3.99. The van der Waals surface area contributed by atoms with Gasteiger partial charge in [0.25, 0.3) is 0 Å². The molecule has 0 spiro atoms. The summed E-state index contributed by atoms with van der Waals surface area (Å²) in [6.07, 6.45) is 2.43. The third kappa shape index (κ3) is 6.75. The molecule has 1 aliphatic heterocycles. The number of carbonyl (C=O) groups excluding carboxylic acids is 1. The number of benzene rings is 1. The van der Waals surface area contributed by atoms with Crippen molar-refractivity contribution in [2.24, 2.45) is 16.6 Å². The number of guanidine groups is 1. The number of piperidine rings is 1. The number of likely N-dealkylation sites (tertiary alicyclic amines) is 1. The van der Waals surface area contributed by atoms with Crippen LogP contribution in [-0.4, -0.2) is 49.0 Å². The van der Waals surface area contributed by atoms with Gasteiger partial charge in [0.2, 0.25) is 5.91 Å². The number of amides is 1. The first-order chi connectivity index (χ1) is 12.5. The number of carbonyl (C=O) groups is 1. The van der Waals surface area contributed by atoms with Crippen molar-refractivity contribution in [2.45, 2.75) is 39.2 Å². The third-order valence-electron chi connectivity index (χ3n) is 4.27. The first kappa shape index (κ1) is 20.4. The first-order valence-corrected chi connectivity index (χ1v) is 9.59. The van der Waals surface area contributed by atoms with Gasteiger partial charge in [0.15, 0.2) is 5.96 Å². The molecule has 2 unspecified atom stereocenters. The van der Waals surface area contributed by atoms with Gasteiger partial charge in [0.05, 0.1) is 6.54 Å². The number of aliphatic imine (C=N–C) groups is 1. The van der Waals surface area contributed by atoms with Gasteiger partial charge in [-0.05, 0) is 50.8 Å². The number of nitrogens with one attached hydrogen (secondary N) is 1. The normalized spacial score (nSPS) is 19.1. The van der Waals surface area contributed by atoms with Crippen LogP contribution in [0.4, 0.5) is 0 Å². The third-order valence-corrected chi connectivity index (χ3v) is 4.51. The fourth-order valence-electron chi connectivity index (χ4n) is 3.16. The number of nitrogens with two attached hydrogens (primary N) is 1. The van der Waals surface area contributed by atoms with Crippen LogP contribution in [0, 0.1) is 5.92 Å². The van der Waals surface area contributed by atoms with E-state index in [9.17, 15) is 4.79 Å². The number of halogens is 1. The summed E-state index contributed by atoms with van der Waals surface area (Å²) in [6, 6.07) is 7.37. The summed E-state index contributed by atoms with van der Waals surface area (Å²) < 4.78 is 5.89. The molecular weight excluding hydrogens is 352 g/mol. The molecule has 1 heterocycles. The highest BCUT2D eigenvalue weighted by molar-refractivity contribution is 6.30. The Morgan fingerprint density at radius 2 is 2.35 bits per heavy atom. The maximum atomic E-state index is 11.2. The first-order valence-electron chi connectivity index (χ1n) is 9.21. The number of primary amides is 1. The quantitative estimate of drug-likeness (QED) is 0.563. The number of nitrogens with zero attached hydrogens (tertiary/aromatic N) is 2. The highest BCUT2D eigenvalue weighted by Crippen LogP contribution is 2.20. The largest absolute Gasteiger partial charge is 0.489 e. The van der Waals surface area contributed by atoms with Gasteiger partial charge in [0.1, 0.15) is 11.9 Å². The van der Waals surface area contributed by atoms with E-state index < -0.39 is 0 Å². The monoisotopic (exact) mass is 380 g/mol. The second kappa shape index (κ2) is 10.3. The maximum absolute atomic E-state index is 11.2. The Kier molecular flexibility index (Phi) is 8.04. The Balaban J connectivity index is 1.95. The number of rotatable bonds is 7. The molecule has 0 radical (unpaired) electrons. The van der Waals surface area contributed by atoms with Crippen molar-refractivity contribution < 1.29 is 9.53 Å². The van der Waals surface area contributed by atoms with Gasteiger partial charge >= 0.3 is 0 Å². The Bertz CT molecular complexity index is 623. The van der Waals surface area contributed by atoms with Crippen LogP contribution in [0.15, 0.2) is 29.3 Å². The standard InChI is InChI=1S/C19H29ClN4O2/c1-3-22-19(24-9-5-6-15(13-24)10-18(21)25)23-12-14(2)26-17-8-4-7-16(20)11-17/h4,7-8,11,14-15H,3,5-6,9-10,12-13H2,1-2H3,(H2,21,25)(H,22,23). The molecule has 1 fully saturated rings. The zero-order valence-electron chi connectivity index (χ0n) is 15.6. The van der Waals surface area contributed by atoms with E-state index in [2.05, 4.69) is 10.2 Å². The molecule has 26 heavy (non-hydrogen) atoms. The molecule has 2 atom stereocenters. The molecule has 0 aromatic heterocycles. The van der Waals surface area contributed by atoms with Crippen LogP contribution in [0.3, 0.4) is 0 Å². The summed E-state index contributed by atoms with van der Waals surface area (Å²) in [6.45, 7) is 7.10. The zero-order valence-corrected chi connectivity index (χ0v) is 16.3. The Hall–Kier alpha value is -1.95. The topological polar surface area (TPSA) is 80.0 Å². The van der Waals surface area contributed by atoms with Crippen molar-refractivity contribution >= 4 is 23.5 Å². The Morgan fingerprint density at radius 3 is 3.04 bits per heavy atom. The molecule has 3 N–H and O–H groups in total. The molecule has 1 saturated heterocycles. The van der Waals surface area contributed by atoms with E-state index in [0.717, 1.165) is 44.2 Å². The van der Waals surface area contributed by atoms with Crippen LogP contribution in [0.1, 0.15) is 33.1 Å². The van der Waals surface area contributed by atoms with Crippen LogP contribution in [0.2, 0.25) is 5.02 Å². The SMILES string of the molecule is CCNC(=NCC(C)Oc1cccc(Cl)c1)N1CCCC(CC(N)=O)C1. The molecule has 0 saturated carbocycles. The zero-order chi connectivity index (χ0) is 18.9. The average Bonchev–Trinajstić information content (AvgIpc) is 2.58. The highest BCUT2D eigenvalue weighted by Gasteiger charge is 2.23. The second-order valence-corrected chi connectivity index (χ2v) is 7.14. The second-order valence-electron chi connectivity index (χ2n) is 6.71. The summed E-state index contributed by atoms with van der Waals surface area (Å²) >= 11 is 5.99. The molecule has 1 aliphatic rings. The van der Waals surface area contributed by atoms with Gasteiger partial charge in [-0.3, -0.25) is 4.79 Å². The minimum atomic E-state index is -0.234. The van der Waals surface area contributed by atoms with E-state index in [0.29, 0.717) is 23.9 Å². The van der Waals surface area contributed by atoms with Gasteiger partial charge in [-0.15, -0.1) is 0 Å². The minimum absolute atomic E-state index is 0.0756. The van der Waals surface area contributed by atoms with E-state index in [1.54, 1.807) is 6.07 Å². The van der Waals surface area contributed by atoms with Crippen molar-refractivity contribution in [3.63, 3.8) is 0 Å². The molecule has 0 aliphatic carbocycles. The molecule has 0 bridgehead atoms. The van der Waals surface area contributed by atoms with Crippen LogP contribution in [-0.2, 0) is 4.79 Å². The van der Waals surface area contributed by atoms with Crippen molar-refractivity contribution in [3.8, 4) is 5.75 Å². The lowest BCUT2D eigenvalue weighted by Crippen LogP contribution is -2.47. The Morgan fingerprint density at radius 1 is 1.54 bits per heavy atom.